The van der Waals surface area contributed by atoms with Gasteiger partial charge in [0.1, 0.15) is 17.3 Å². The Labute approximate surface area is 145 Å². The molecule has 0 fully saturated rings. The van der Waals surface area contributed by atoms with Crippen LogP contribution in [0.5, 0.6) is 0 Å². The van der Waals surface area contributed by atoms with Gasteiger partial charge in [-0.15, -0.1) is 0 Å². The predicted molar refractivity (Wildman–Crippen MR) is 97.8 cm³/mol. The van der Waals surface area contributed by atoms with E-state index < -0.39 is 0 Å². The van der Waals surface area contributed by atoms with Crippen molar-refractivity contribution in [1.82, 2.24) is 10.3 Å². The maximum atomic E-state index is 13.8. The molecule has 2 aromatic heterocycles. The molecule has 0 radical (unpaired) electrons. The Kier molecular flexibility index (Phi) is 4.36. The number of para-hydroxylation sites is 1. The average molecular weight is 334 g/mol. The number of fused-ring (bicyclic) bond motifs is 1. The molecule has 0 aliphatic rings. The number of halogens is 1. The number of rotatable bonds is 6. The molecule has 0 aliphatic carbocycles. The summed E-state index contributed by atoms with van der Waals surface area (Å²) in [4.78, 5) is 3.29. The van der Waals surface area contributed by atoms with Gasteiger partial charge in [0.2, 0.25) is 0 Å². The van der Waals surface area contributed by atoms with Crippen molar-refractivity contribution >= 4 is 10.9 Å². The summed E-state index contributed by atoms with van der Waals surface area (Å²) in [6.45, 7) is 1.47. The van der Waals surface area contributed by atoms with Gasteiger partial charge in [0, 0.05) is 17.1 Å². The first kappa shape index (κ1) is 15.7. The number of H-pyrrole nitrogens is 1. The Morgan fingerprint density at radius 3 is 2.72 bits per heavy atom. The number of nitrogens with one attached hydrogen (secondary N) is 2. The molecule has 0 unspecified atom stereocenters. The maximum absolute atomic E-state index is 13.8. The molecule has 0 bridgehead atoms. The number of furan rings is 1. The standard InChI is InChI=1S/C21H19FN2O/c22-19-7-3-1-6-18(19)21-10-9-16(25-21)14-23-12-11-15-13-24-20-8-4-2-5-17(15)20/h1-10,13,23-24H,11-12,14H2. The molecule has 3 nitrogen and oxygen atoms in total. The summed E-state index contributed by atoms with van der Waals surface area (Å²) in [5.41, 5.74) is 2.96. The van der Waals surface area contributed by atoms with Gasteiger partial charge in [0.05, 0.1) is 12.1 Å². The summed E-state index contributed by atoms with van der Waals surface area (Å²) >= 11 is 0. The lowest BCUT2D eigenvalue weighted by Crippen LogP contribution is -2.16. The van der Waals surface area contributed by atoms with E-state index in [2.05, 4.69) is 34.7 Å². The summed E-state index contributed by atoms with van der Waals surface area (Å²) in [6, 6.07) is 18.7. The minimum atomic E-state index is -0.268. The van der Waals surface area contributed by atoms with Gasteiger partial charge < -0.3 is 14.7 Å². The van der Waals surface area contributed by atoms with Crippen molar-refractivity contribution in [1.29, 1.82) is 0 Å². The van der Waals surface area contributed by atoms with E-state index in [4.69, 9.17) is 4.42 Å². The fraction of sp³-hybridized carbons (Fsp3) is 0.143. The topological polar surface area (TPSA) is 41.0 Å². The SMILES string of the molecule is Fc1ccccc1-c1ccc(CNCCc2c[nH]c3ccccc23)o1. The zero-order chi connectivity index (χ0) is 17.1. The molecule has 0 saturated carbocycles. The molecule has 4 rings (SSSR count). The molecule has 126 valence electrons. The molecule has 4 aromatic rings. The number of hydrogen-bond donors (Lipinski definition) is 2. The molecule has 2 N–H and O–H groups in total. The first-order chi connectivity index (χ1) is 12.3. The van der Waals surface area contributed by atoms with E-state index in [1.165, 1.54) is 17.0 Å². The van der Waals surface area contributed by atoms with Gasteiger partial charge in [-0.1, -0.05) is 30.3 Å². The van der Waals surface area contributed by atoms with Crippen LogP contribution in [0.2, 0.25) is 0 Å². The molecule has 2 heterocycles. The molecule has 0 spiro atoms. The normalized spacial score (nSPS) is 11.2. The maximum Gasteiger partial charge on any atom is 0.137 e. The van der Waals surface area contributed by atoms with Crippen LogP contribution in [0.3, 0.4) is 0 Å². The van der Waals surface area contributed by atoms with E-state index in [0.29, 0.717) is 17.9 Å². The molecular formula is C21H19FN2O. The van der Waals surface area contributed by atoms with Crippen LogP contribution in [-0.2, 0) is 13.0 Å². The fourth-order valence-corrected chi connectivity index (χ4v) is 3.05. The Bertz CT molecular complexity index is 986. The Hall–Kier alpha value is -2.85. The fourth-order valence-electron chi connectivity index (χ4n) is 3.05. The van der Waals surface area contributed by atoms with E-state index in [-0.39, 0.29) is 5.82 Å². The van der Waals surface area contributed by atoms with Crippen molar-refractivity contribution in [2.45, 2.75) is 13.0 Å². The smallest absolute Gasteiger partial charge is 0.137 e. The third kappa shape index (κ3) is 3.35. The molecule has 25 heavy (non-hydrogen) atoms. The van der Waals surface area contributed by atoms with E-state index in [1.807, 2.05) is 18.2 Å². The number of hydrogen-bond acceptors (Lipinski definition) is 2. The van der Waals surface area contributed by atoms with Crippen LogP contribution in [0.25, 0.3) is 22.2 Å². The van der Waals surface area contributed by atoms with Gasteiger partial charge in [-0.3, -0.25) is 0 Å². The minimum absolute atomic E-state index is 0.268. The molecule has 0 aliphatic heterocycles. The number of aromatic nitrogens is 1. The zero-order valence-corrected chi connectivity index (χ0v) is 13.8. The highest BCUT2D eigenvalue weighted by molar-refractivity contribution is 5.83. The van der Waals surface area contributed by atoms with Crippen LogP contribution in [-0.4, -0.2) is 11.5 Å². The second-order valence-electron chi connectivity index (χ2n) is 6.03. The zero-order valence-electron chi connectivity index (χ0n) is 13.8. The molecule has 0 atom stereocenters. The number of aromatic amines is 1. The summed E-state index contributed by atoms with van der Waals surface area (Å²) in [7, 11) is 0. The van der Waals surface area contributed by atoms with E-state index >= 15 is 0 Å². The quantitative estimate of drug-likeness (QED) is 0.492. The summed E-state index contributed by atoms with van der Waals surface area (Å²) in [6.07, 6.45) is 3.00. The second-order valence-corrected chi connectivity index (χ2v) is 6.03. The van der Waals surface area contributed by atoms with Crippen molar-refractivity contribution in [3.8, 4) is 11.3 Å². The van der Waals surface area contributed by atoms with Gasteiger partial charge in [-0.25, -0.2) is 4.39 Å². The summed E-state index contributed by atoms with van der Waals surface area (Å²) in [5.74, 6) is 1.10. The van der Waals surface area contributed by atoms with E-state index in [1.54, 1.807) is 18.2 Å². The Morgan fingerprint density at radius 1 is 0.960 bits per heavy atom. The molecule has 2 aromatic carbocycles. The van der Waals surface area contributed by atoms with Crippen molar-refractivity contribution < 1.29 is 8.81 Å². The molecule has 0 saturated heterocycles. The Morgan fingerprint density at radius 2 is 1.80 bits per heavy atom. The summed E-state index contributed by atoms with van der Waals surface area (Å²) in [5, 5.41) is 4.65. The van der Waals surface area contributed by atoms with Crippen molar-refractivity contribution in [3.63, 3.8) is 0 Å². The largest absolute Gasteiger partial charge is 0.460 e. The highest BCUT2D eigenvalue weighted by Crippen LogP contribution is 2.24. The van der Waals surface area contributed by atoms with Gasteiger partial charge in [-0.05, 0) is 48.9 Å². The van der Waals surface area contributed by atoms with Crippen LogP contribution >= 0.6 is 0 Å². The highest BCUT2D eigenvalue weighted by atomic mass is 19.1. The van der Waals surface area contributed by atoms with Crippen LogP contribution < -0.4 is 5.32 Å². The van der Waals surface area contributed by atoms with Crippen LogP contribution in [0, 0.1) is 5.82 Å². The average Bonchev–Trinajstić information content (AvgIpc) is 3.26. The third-order valence-corrected chi connectivity index (χ3v) is 4.35. The predicted octanol–water partition coefficient (Wildman–Crippen LogP) is 4.90. The molecule has 4 heteroatoms. The molecular weight excluding hydrogens is 315 g/mol. The highest BCUT2D eigenvalue weighted by Gasteiger charge is 2.09. The van der Waals surface area contributed by atoms with Gasteiger partial charge in [0.15, 0.2) is 0 Å². The van der Waals surface area contributed by atoms with Crippen LogP contribution in [0.15, 0.2) is 71.3 Å². The second kappa shape index (κ2) is 6.95. The first-order valence-electron chi connectivity index (χ1n) is 8.40. The van der Waals surface area contributed by atoms with E-state index in [9.17, 15) is 4.39 Å². The van der Waals surface area contributed by atoms with E-state index in [0.717, 1.165) is 24.2 Å². The summed E-state index contributed by atoms with van der Waals surface area (Å²) < 4.78 is 19.5. The van der Waals surface area contributed by atoms with Crippen LogP contribution in [0.4, 0.5) is 4.39 Å². The number of benzene rings is 2. The van der Waals surface area contributed by atoms with Gasteiger partial charge >= 0.3 is 0 Å². The third-order valence-electron chi connectivity index (χ3n) is 4.35. The molecule has 0 amide bonds. The lowest BCUT2D eigenvalue weighted by Gasteiger charge is -2.03. The van der Waals surface area contributed by atoms with Gasteiger partial charge in [-0.2, -0.15) is 0 Å². The lowest BCUT2D eigenvalue weighted by atomic mass is 10.1. The van der Waals surface area contributed by atoms with Crippen molar-refractivity contribution in [2.75, 3.05) is 6.54 Å². The van der Waals surface area contributed by atoms with Crippen molar-refractivity contribution in [2.24, 2.45) is 0 Å². The van der Waals surface area contributed by atoms with Gasteiger partial charge in [0.25, 0.3) is 0 Å². The Balaban J connectivity index is 1.34. The first-order valence-corrected chi connectivity index (χ1v) is 8.40. The lowest BCUT2D eigenvalue weighted by molar-refractivity contribution is 0.491. The van der Waals surface area contributed by atoms with Crippen molar-refractivity contribution in [3.05, 3.63) is 84.0 Å². The van der Waals surface area contributed by atoms with Crippen LogP contribution in [0.1, 0.15) is 11.3 Å². The minimum Gasteiger partial charge on any atom is -0.460 e. The monoisotopic (exact) mass is 334 g/mol.